The molecule has 0 fully saturated rings. The van der Waals surface area contributed by atoms with E-state index in [1.54, 1.807) is 26.8 Å². The van der Waals surface area contributed by atoms with Crippen molar-refractivity contribution in [3.05, 3.63) is 75.8 Å². The van der Waals surface area contributed by atoms with E-state index in [4.69, 9.17) is 9.47 Å². The maximum atomic E-state index is 16.0. The van der Waals surface area contributed by atoms with Crippen molar-refractivity contribution in [2.24, 2.45) is 0 Å². The zero-order valence-corrected chi connectivity index (χ0v) is 16.1. The SMILES string of the molecule is COc1ccc(C(NC(=O)OC(C)(C)C)C(F)(c2ccccc2)[N+](=O)[O-])cc1. The van der Waals surface area contributed by atoms with Crippen LogP contribution in [0.25, 0.3) is 0 Å². The molecule has 0 saturated carbocycles. The van der Waals surface area contributed by atoms with Gasteiger partial charge in [0, 0.05) is 0 Å². The largest absolute Gasteiger partial charge is 0.497 e. The summed E-state index contributed by atoms with van der Waals surface area (Å²) in [4.78, 5) is 23.1. The Morgan fingerprint density at radius 2 is 1.68 bits per heavy atom. The minimum Gasteiger partial charge on any atom is -0.497 e. The number of nitrogens with zero attached hydrogens (tertiary/aromatic N) is 1. The summed E-state index contributed by atoms with van der Waals surface area (Å²) in [5.41, 5.74) is -0.860. The van der Waals surface area contributed by atoms with Gasteiger partial charge in [-0.05, 0) is 50.6 Å². The third-order valence-electron chi connectivity index (χ3n) is 3.94. The lowest BCUT2D eigenvalue weighted by Gasteiger charge is -2.29. The third-order valence-corrected chi connectivity index (χ3v) is 3.94. The Balaban J connectivity index is 2.54. The zero-order valence-electron chi connectivity index (χ0n) is 16.1. The van der Waals surface area contributed by atoms with Crippen molar-refractivity contribution < 1.29 is 23.6 Å². The molecule has 0 saturated heterocycles. The molecule has 0 aliphatic heterocycles. The summed E-state index contributed by atoms with van der Waals surface area (Å²) in [5, 5.41) is 14.2. The fourth-order valence-corrected chi connectivity index (χ4v) is 2.67. The summed E-state index contributed by atoms with van der Waals surface area (Å²) in [6.07, 6.45) is -0.965. The minimum atomic E-state index is -3.12. The molecule has 2 aromatic carbocycles. The first-order valence-electron chi connectivity index (χ1n) is 8.60. The normalized spacial score (nSPS) is 14.5. The van der Waals surface area contributed by atoms with E-state index in [2.05, 4.69) is 5.32 Å². The van der Waals surface area contributed by atoms with E-state index in [0.29, 0.717) is 5.75 Å². The summed E-state index contributed by atoms with van der Waals surface area (Å²) in [7, 11) is 1.46. The second kappa shape index (κ2) is 8.24. The van der Waals surface area contributed by atoms with Crippen LogP contribution in [0.4, 0.5) is 9.18 Å². The number of nitro groups is 1. The molecule has 7 nitrogen and oxygen atoms in total. The monoisotopic (exact) mass is 390 g/mol. The smallest absolute Gasteiger partial charge is 0.408 e. The molecule has 0 aromatic heterocycles. The molecule has 1 N–H and O–H groups in total. The number of benzene rings is 2. The van der Waals surface area contributed by atoms with Gasteiger partial charge in [-0.25, -0.2) is 4.79 Å². The Morgan fingerprint density at radius 1 is 1.11 bits per heavy atom. The average molecular weight is 390 g/mol. The first-order valence-corrected chi connectivity index (χ1v) is 8.60. The van der Waals surface area contributed by atoms with Gasteiger partial charge in [-0.3, -0.25) is 10.1 Å². The molecule has 2 unspecified atom stereocenters. The van der Waals surface area contributed by atoms with Crippen molar-refractivity contribution in [3.8, 4) is 5.75 Å². The van der Waals surface area contributed by atoms with Crippen LogP contribution in [-0.2, 0) is 10.5 Å². The molecule has 2 atom stereocenters. The number of alkyl halides is 1. The number of halogens is 1. The molecule has 0 bridgehead atoms. The number of carbonyl (C=O) groups is 1. The van der Waals surface area contributed by atoms with E-state index in [1.165, 1.54) is 55.6 Å². The van der Waals surface area contributed by atoms with Gasteiger partial charge in [0.2, 0.25) is 0 Å². The van der Waals surface area contributed by atoms with Gasteiger partial charge in [0.05, 0.1) is 17.6 Å². The number of hydrogen-bond acceptors (Lipinski definition) is 5. The van der Waals surface area contributed by atoms with Crippen LogP contribution < -0.4 is 10.1 Å². The molecule has 0 aliphatic carbocycles. The molecule has 0 radical (unpaired) electrons. The van der Waals surface area contributed by atoms with Crippen molar-refractivity contribution in [2.75, 3.05) is 7.11 Å². The number of ether oxygens (including phenoxy) is 2. The van der Waals surface area contributed by atoms with Crippen LogP contribution in [0.3, 0.4) is 0 Å². The van der Waals surface area contributed by atoms with Crippen molar-refractivity contribution in [1.82, 2.24) is 5.32 Å². The molecule has 150 valence electrons. The maximum absolute atomic E-state index is 16.0. The Morgan fingerprint density at radius 3 is 2.14 bits per heavy atom. The lowest BCUT2D eigenvalue weighted by atomic mass is 9.91. The summed E-state index contributed by atoms with van der Waals surface area (Å²) >= 11 is 0. The second-order valence-electron chi connectivity index (χ2n) is 7.15. The second-order valence-corrected chi connectivity index (χ2v) is 7.15. The van der Waals surface area contributed by atoms with Gasteiger partial charge in [-0.1, -0.05) is 30.3 Å². The van der Waals surface area contributed by atoms with Crippen molar-refractivity contribution in [2.45, 2.75) is 38.2 Å². The topological polar surface area (TPSA) is 90.7 Å². The lowest BCUT2D eigenvalue weighted by Crippen LogP contribution is -2.47. The predicted octanol–water partition coefficient (Wildman–Crippen LogP) is 4.36. The highest BCUT2D eigenvalue weighted by Crippen LogP contribution is 2.40. The van der Waals surface area contributed by atoms with Crippen LogP contribution in [0.5, 0.6) is 5.75 Å². The first kappa shape index (κ1) is 21.1. The molecule has 0 heterocycles. The predicted molar refractivity (Wildman–Crippen MR) is 101 cm³/mol. The van der Waals surface area contributed by atoms with Gasteiger partial charge in [0.15, 0.2) is 6.04 Å². The standard InChI is InChI=1S/C20H23FN2O5/c1-19(2,3)28-18(24)22-17(14-10-12-16(27-4)13-11-14)20(21,23(25)26)15-8-6-5-7-9-15/h5-13,17H,1-4H3,(H,22,24). The number of methoxy groups -OCH3 is 1. The van der Waals surface area contributed by atoms with E-state index in [9.17, 15) is 14.9 Å². The number of amides is 1. The molecule has 2 aromatic rings. The Hall–Kier alpha value is -3.16. The molecule has 8 heteroatoms. The highest BCUT2D eigenvalue weighted by atomic mass is 19.1. The van der Waals surface area contributed by atoms with Gasteiger partial charge >= 0.3 is 11.9 Å². The number of alkyl carbamates (subject to hydrolysis) is 1. The highest BCUT2D eigenvalue weighted by Gasteiger charge is 2.55. The first-order chi connectivity index (χ1) is 13.1. The minimum absolute atomic E-state index is 0.190. The van der Waals surface area contributed by atoms with E-state index in [0.717, 1.165) is 0 Å². The van der Waals surface area contributed by atoms with Crippen LogP contribution in [-0.4, -0.2) is 23.7 Å². The van der Waals surface area contributed by atoms with Gasteiger partial charge in [-0.2, -0.15) is 4.39 Å². The molecular formula is C20H23FN2O5. The van der Waals surface area contributed by atoms with Gasteiger partial charge in [0.1, 0.15) is 11.4 Å². The quantitative estimate of drug-likeness (QED) is 0.450. The van der Waals surface area contributed by atoms with E-state index in [-0.39, 0.29) is 11.1 Å². The van der Waals surface area contributed by atoms with Crippen LogP contribution in [0.15, 0.2) is 54.6 Å². The van der Waals surface area contributed by atoms with Gasteiger partial charge in [0.25, 0.3) is 0 Å². The molecule has 1 amide bonds. The molecular weight excluding hydrogens is 367 g/mol. The van der Waals surface area contributed by atoms with Crippen molar-refractivity contribution >= 4 is 6.09 Å². The van der Waals surface area contributed by atoms with Crippen LogP contribution in [0.1, 0.15) is 37.9 Å². The highest BCUT2D eigenvalue weighted by molar-refractivity contribution is 5.68. The Labute approximate surface area is 162 Å². The van der Waals surface area contributed by atoms with Gasteiger partial charge < -0.3 is 14.8 Å². The molecule has 28 heavy (non-hydrogen) atoms. The molecule has 0 aliphatic rings. The number of hydrogen-bond donors (Lipinski definition) is 1. The van der Waals surface area contributed by atoms with E-state index in [1.807, 2.05) is 0 Å². The summed E-state index contributed by atoms with van der Waals surface area (Å²) in [6, 6.07) is 11.6. The fourth-order valence-electron chi connectivity index (χ4n) is 2.67. The molecule has 2 rings (SSSR count). The average Bonchev–Trinajstić information content (AvgIpc) is 2.65. The summed E-state index contributed by atoms with van der Waals surface area (Å²) in [6.45, 7) is 4.92. The summed E-state index contributed by atoms with van der Waals surface area (Å²) in [5.74, 6) is -2.63. The third kappa shape index (κ3) is 4.76. The maximum Gasteiger partial charge on any atom is 0.408 e. The van der Waals surface area contributed by atoms with Crippen LogP contribution in [0, 0.1) is 10.1 Å². The van der Waals surface area contributed by atoms with E-state index >= 15 is 4.39 Å². The number of nitrogens with one attached hydrogen (secondary N) is 1. The lowest BCUT2D eigenvalue weighted by molar-refractivity contribution is -0.623. The van der Waals surface area contributed by atoms with Crippen molar-refractivity contribution in [1.29, 1.82) is 0 Å². The Bertz CT molecular complexity index is 821. The number of carbonyl (C=O) groups excluding carboxylic acids is 1. The van der Waals surface area contributed by atoms with Crippen LogP contribution in [0.2, 0.25) is 0 Å². The molecule has 0 spiro atoms. The van der Waals surface area contributed by atoms with Crippen LogP contribution >= 0.6 is 0 Å². The zero-order chi connectivity index (χ0) is 20.9. The summed E-state index contributed by atoms with van der Waals surface area (Å²) < 4.78 is 26.2. The van der Waals surface area contributed by atoms with Crippen molar-refractivity contribution in [3.63, 3.8) is 0 Å². The fraction of sp³-hybridized carbons (Fsp3) is 0.350. The van der Waals surface area contributed by atoms with E-state index < -0.39 is 28.5 Å². The van der Waals surface area contributed by atoms with Gasteiger partial charge in [-0.15, -0.1) is 0 Å². The number of rotatable bonds is 6. The Kier molecular flexibility index (Phi) is 6.23.